The van der Waals surface area contributed by atoms with E-state index in [1.165, 1.54) is 12.8 Å². The van der Waals surface area contributed by atoms with Gasteiger partial charge in [0.25, 0.3) is 0 Å². The van der Waals surface area contributed by atoms with E-state index in [0.29, 0.717) is 36.9 Å². The van der Waals surface area contributed by atoms with Crippen molar-refractivity contribution in [3.05, 3.63) is 0 Å². The SMILES string of the molecule is CCOC1CC(CC(=O)N(CCCN)C2CC2)C1. The van der Waals surface area contributed by atoms with Crippen molar-refractivity contribution in [1.82, 2.24) is 4.90 Å². The molecule has 0 heterocycles. The lowest BCUT2D eigenvalue weighted by Crippen LogP contribution is -2.39. The number of hydrogen-bond acceptors (Lipinski definition) is 3. The molecule has 0 atom stereocenters. The molecule has 18 heavy (non-hydrogen) atoms. The molecule has 2 rings (SSSR count). The maximum absolute atomic E-state index is 12.2. The van der Waals surface area contributed by atoms with Gasteiger partial charge in [0.2, 0.25) is 5.91 Å². The highest BCUT2D eigenvalue weighted by molar-refractivity contribution is 5.77. The molecule has 2 aliphatic carbocycles. The molecule has 0 saturated heterocycles. The summed E-state index contributed by atoms with van der Waals surface area (Å²) >= 11 is 0. The molecule has 2 aliphatic rings. The molecule has 104 valence electrons. The molecule has 0 aromatic heterocycles. The molecule has 0 aromatic carbocycles. The number of carbonyl (C=O) groups excluding carboxylic acids is 1. The zero-order valence-corrected chi connectivity index (χ0v) is 11.4. The van der Waals surface area contributed by atoms with Crippen molar-refractivity contribution in [2.45, 2.75) is 57.6 Å². The van der Waals surface area contributed by atoms with Gasteiger partial charge in [0.1, 0.15) is 0 Å². The Bertz CT molecular complexity index is 273. The minimum atomic E-state index is 0.339. The third-order valence-corrected chi connectivity index (χ3v) is 3.97. The van der Waals surface area contributed by atoms with Crippen LogP contribution in [-0.2, 0) is 9.53 Å². The zero-order valence-electron chi connectivity index (χ0n) is 11.4. The summed E-state index contributed by atoms with van der Waals surface area (Å²) in [5.74, 6) is 0.888. The Balaban J connectivity index is 1.69. The predicted molar refractivity (Wildman–Crippen MR) is 71.2 cm³/mol. The maximum atomic E-state index is 12.2. The van der Waals surface area contributed by atoms with Crippen LogP contribution in [0.3, 0.4) is 0 Å². The van der Waals surface area contributed by atoms with Crippen LogP contribution in [0.25, 0.3) is 0 Å². The summed E-state index contributed by atoms with van der Waals surface area (Å²) in [5, 5.41) is 0. The number of amides is 1. The fraction of sp³-hybridized carbons (Fsp3) is 0.929. The Labute approximate surface area is 110 Å². The van der Waals surface area contributed by atoms with Gasteiger partial charge in [-0.1, -0.05) is 0 Å². The monoisotopic (exact) mass is 254 g/mol. The molecule has 2 saturated carbocycles. The van der Waals surface area contributed by atoms with E-state index in [0.717, 1.165) is 32.4 Å². The van der Waals surface area contributed by atoms with Gasteiger partial charge in [0.15, 0.2) is 0 Å². The third kappa shape index (κ3) is 3.69. The number of nitrogens with two attached hydrogens (primary N) is 1. The average molecular weight is 254 g/mol. The van der Waals surface area contributed by atoms with Crippen LogP contribution in [0.15, 0.2) is 0 Å². The van der Waals surface area contributed by atoms with E-state index >= 15 is 0 Å². The van der Waals surface area contributed by atoms with Gasteiger partial charge in [-0.15, -0.1) is 0 Å². The molecule has 2 N–H and O–H groups in total. The molecule has 0 spiro atoms. The van der Waals surface area contributed by atoms with Crippen molar-refractivity contribution in [2.75, 3.05) is 19.7 Å². The van der Waals surface area contributed by atoms with Crippen LogP contribution in [0.1, 0.15) is 45.4 Å². The molecule has 0 aromatic rings. The van der Waals surface area contributed by atoms with Crippen LogP contribution in [-0.4, -0.2) is 42.6 Å². The zero-order chi connectivity index (χ0) is 13.0. The second-order valence-electron chi connectivity index (χ2n) is 5.58. The number of ether oxygens (including phenoxy) is 1. The lowest BCUT2D eigenvalue weighted by atomic mass is 9.79. The van der Waals surface area contributed by atoms with E-state index < -0.39 is 0 Å². The Morgan fingerprint density at radius 1 is 1.39 bits per heavy atom. The Morgan fingerprint density at radius 3 is 2.67 bits per heavy atom. The van der Waals surface area contributed by atoms with Crippen molar-refractivity contribution in [2.24, 2.45) is 11.7 Å². The fourth-order valence-electron chi connectivity index (χ4n) is 2.74. The first-order valence-electron chi connectivity index (χ1n) is 7.35. The molecule has 2 fully saturated rings. The van der Waals surface area contributed by atoms with E-state index in [9.17, 15) is 4.79 Å². The molecule has 0 radical (unpaired) electrons. The highest BCUT2D eigenvalue weighted by Gasteiger charge is 2.36. The van der Waals surface area contributed by atoms with E-state index in [1.807, 2.05) is 6.92 Å². The number of rotatable bonds is 8. The van der Waals surface area contributed by atoms with Crippen molar-refractivity contribution >= 4 is 5.91 Å². The first-order valence-corrected chi connectivity index (χ1v) is 7.35. The highest BCUT2D eigenvalue weighted by atomic mass is 16.5. The molecular weight excluding hydrogens is 228 g/mol. The van der Waals surface area contributed by atoms with Crippen LogP contribution in [0.4, 0.5) is 0 Å². The molecule has 0 aliphatic heterocycles. The Hall–Kier alpha value is -0.610. The minimum Gasteiger partial charge on any atom is -0.378 e. The summed E-state index contributed by atoms with van der Waals surface area (Å²) in [6.45, 7) is 4.34. The second kappa shape index (κ2) is 6.53. The first kappa shape index (κ1) is 13.8. The Morgan fingerprint density at radius 2 is 2.11 bits per heavy atom. The molecule has 4 heteroatoms. The van der Waals surface area contributed by atoms with Gasteiger partial charge < -0.3 is 15.4 Å². The summed E-state index contributed by atoms with van der Waals surface area (Å²) in [6, 6.07) is 0.520. The van der Waals surface area contributed by atoms with Crippen LogP contribution in [0.2, 0.25) is 0 Å². The van der Waals surface area contributed by atoms with E-state index in [4.69, 9.17) is 10.5 Å². The topological polar surface area (TPSA) is 55.6 Å². The largest absolute Gasteiger partial charge is 0.378 e. The maximum Gasteiger partial charge on any atom is 0.223 e. The lowest BCUT2D eigenvalue weighted by molar-refractivity contribution is -0.135. The fourth-order valence-corrected chi connectivity index (χ4v) is 2.74. The molecule has 1 amide bonds. The smallest absolute Gasteiger partial charge is 0.223 e. The van der Waals surface area contributed by atoms with Gasteiger partial charge in [-0.25, -0.2) is 0 Å². The van der Waals surface area contributed by atoms with Crippen molar-refractivity contribution in [1.29, 1.82) is 0 Å². The number of nitrogens with zero attached hydrogens (tertiary/aromatic N) is 1. The summed E-state index contributed by atoms with van der Waals surface area (Å²) in [7, 11) is 0. The number of hydrogen-bond donors (Lipinski definition) is 1. The summed E-state index contributed by atoms with van der Waals surface area (Å²) < 4.78 is 5.53. The minimum absolute atomic E-state index is 0.339. The van der Waals surface area contributed by atoms with Crippen LogP contribution in [0, 0.1) is 5.92 Å². The van der Waals surface area contributed by atoms with Gasteiger partial charge >= 0.3 is 0 Å². The summed E-state index contributed by atoms with van der Waals surface area (Å²) in [6.07, 6.45) is 6.54. The van der Waals surface area contributed by atoms with E-state index in [2.05, 4.69) is 4.90 Å². The predicted octanol–water partition coefficient (Wildman–Crippen LogP) is 1.53. The van der Waals surface area contributed by atoms with Crippen molar-refractivity contribution in [3.8, 4) is 0 Å². The second-order valence-corrected chi connectivity index (χ2v) is 5.58. The lowest BCUT2D eigenvalue weighted by Gasteiger charge is -2.36. The average Bonchev–Trinajstić information content (AvgIpc) is 3.11. The van der Waals surface area contributed by atoms with Gasteiger partial charge in [-0.05, 0) is 51.5 Å². The third-order valence-electron chi connectivity index (χ3n) is 3.97. The summed E-state index contributed by atoms with van der Waals surface area (Å²) in [4.78, 5) is 14.3. The van der Waals surface area contributed by atoms with Crippen LogP contribution >= 0.6 is 0 Å². The quantitative estimate of drug-likeness (QED) is 0.714. The van der Waals surface area contributed by atoms with E-state index in [-0.39, 0.29) is 0 Å². The molecule has 0 unspecified atom stereocenters. The van der Waals surface area contributed by atoms with E-state index in [1.54, 1.807) is 0 Å². The molecular formula is C14H26N2O2. The Kier molecular flexibility index (Phi) is 5.01. The highest BCUT2D eigenvalue weighted by Crippen LogP contribution is 2.35. The summed E-state index contributed by atoms with van der Waals surface area (Å²) in [5.41, 5.74) is 5.53. The van der Waals surface area contributed by atoms with Gasteiger partial charge in [0.05, 0.1) is 6.10 Å². The van der Waals surface area contributed by atoms with Gasteiger partial charge in [-0.3, -0.25) is 4.79 Å². The molecule has 0 bridgehead atoms. The van der Waals surface area contributed by atoms with Crippen LogP contribution < -0.4 is 5.73 Å². The number of carbonyl (C=O) groups is 1. The standard InChI is InChI=1S/C14H26N2O2/c1-2-18-13-8-11(9-13)10-14(17)16(7-3-6-15)12-4-5-12/h11-13H,2-10,15H2,1H3. The van der Waals surface area contributed by atoms with Crippen LogP contribution in [0.5, 0.6) is 0 Å². The normalized spacial score (nSPS) is 26.8. The van der Waals surface area contributed by atoms with Crippen molar-refractivity contribution < 1.29 is 9.53 Å². The van der Waals surface area contributed by atoms with Gasteiger partial charge in [0, 0.05) is 25.6 Å². The first-order chi connectivity index (χ1) is 8.74. The molecule has 4 nitrogen and oxygen atoms in total. The van der Waals surface area contributed by atoms with Crippen molar-refractivity contribution in [3.63, 3.8) is 0 Å². The van der Waals surface area contributed by atoms with Gasteiger partial charge in [-0.2, -0.15) is 0 Å².